The summed E-state index contributed by atoms with van der Waals surface area (Å²) in [4.78, 5) is 2.25. The van der Waals surface area contributed by atoms with E-state index in [-0.39, 0.29) is 5.41 Å². The van der Waals surface area contributed by atoms with Crippen molar-refractivity contribution >= 4 is 40.4 Å². The number of ether oxygens (including phenoxy) is 3. The van der Waals surface area contributed by atoms with Crippen LogP contribution in [0, 0.1) is 5.41 Å². The Kier molecular flexibility index (Phi) is 8.52. The molecule has 5 aromatic carbocycles. The van der Waals surface area contributed by atoms with E-state index in [1.165, 1.54) is 23.3 Å². The van der Waals surface area contributed by atoms with Crippen molar-refractivity contribution in [3.63, 3.8) is 0 Å². The molecule has 1 atom stereocenters. The maximum atomic E-state index is 14.7. The normalized spacial score (nSPS) is 20.2. The van der Waals surface area contributed by atoms with Crippen LogP contribution in [0.3, 0.4) is 0 Å². The Morgan fingerprint density at radius 3 is 1.87 bits per heavy atom. The van der Waals surface area contributed by atoms with Gasteiger partial charge in [0.1, 0.15) is 17.2 Å². The molecule has 1 aliphatic heterocycles. The van der Waals surface area contributed by atoms with Gasteiger partial charge in [0.05, 0.1) is 19.8 Å². The SMILES string of the molecule is COc1ccc(C2(c3ccc(OC)cc3)C=Cc3c4c(c5cc(SC)c(SC)cc5c3O2)-c2ccc(C(F)(F)F)cc2C42CC(=C3CC3)CC(C)(C)C2)cc1. The fourth-order valence-electron chi connectivity index (χ4n) is 9.85. The lowest BCUT2D eigenvalue weighted by Gasteiger charge is -2.47. The third-order valence-corrected chi connectivity index (χ3v) is 13.9. The molecule has 8 heteroatoms. The predicted octanol–water partition coefficient (Wildman–Crippen LogP) is 13.2. The van der Waals surface area contributed by atoms with Crippen molar-refractivity contribution < 1.29 is 27.4 Å². The Labute approximate surface area is 329 Å². The van der Waals surface area contributed by atoms with Crippen LogP contribution < -0.4 is 14.2 Å². The quantitative estimate of drug-likeness (QED) is 0.126. The van der Waals surface area contributed by atoms with Gasteiger partial charge in [-0.1, -0.05) is 61.4 Å². The molecule has 0 amide bonds. The zero-order chi connectivity index (χ0) is 38.5. The van der Waals surface area contributed by atoms with Crippen molar-refractivity contribution in [2.75, 3.05) is 26.7 Å². The molecule has 0 N–H and O–H groups in total. The number of rotatable bonds is 6. The minimum Gasteiger partial charge on any atom is -0.497 e. The summed E-state index contributed by atoms with van der Waals surface area (Å²) in [5.41, 5.74) is 7.05. The molecule has 3 aliphatic carbocycles. The van der Waals surface area contributed by atoms with E-state index in [2.05, 4.69) is 50.6 Å². The smallest absolute Gasteiger partial charge is 0.416 e. The van der Waals surface area contributed by atoms with E-state index in [1.54, 1.807) is 43.8 Å². The monoisotopic (exact) mass is 776 g/mol. The molecule has 282 valence electrons. The first kappa shape index (κ1) is 36.4. The van der Waals surface area contributed by atoms with Crippen LogP contribution in [0.5, 0.6) is 17.2 Å². The summed E-state index contributed by atoms with van der Waals surface area (Å²) < 4.78 is 62.7. The van der Waals surface area contributed by atoms with E-state index in [0.717, 1.165) is 102 Å². The molecule has 0 aromatic heterocycles. The standard InChI is InChI=1S/C47H43F3O3S2/c1-44(2)24-28(27-7-8-27)25-45(26-44)38-21-31(47(48,49)50)13-18-34(38)41-36-22-39(54-5)40(55-6)23-37(36)43-35(42(41)45)19-20-46(53-43,29-9-14-32(51-3)15-10-29)30-11-16-33(52-4)17-12-30/h9-23H,7-8,24-26H2,1-6H3. The number of thioether (sulfide) groups is 2. The van der Waals surface area contributed by atoms with E-state index < -0.39 is 22.8 Å². The minimum atomic E-state index is -4.47. The maximum Gasteiger partial charge on any atom is 0.416 e. The largest absolute Gasteiger partial charge is 0.497 e. The third-order valence-electron chi connectivity index (χ3n) is 12.2. The molecular formula is C47H43F3O3S2. The molecule has 1 unspecified atom stereocenters. The van der Waals surface area contributed by atoms with Crippen molar-refractivity contribution in [1.82, 2.24) is 0 Å². The lowest BCUT2D eigenvalue weighted by molar-refractivity contribution is -0.137. The molecule has 0 radical (unpaired) electrons. The van der Waals surface area contributed by atoms with Crippen LogP contribution in [-0.4, -0.2) is 26.7 Å². The van der Waals surface area contributed by atoms with Gasteiger partial charge in [-0.2, -0.15) is 13.2 Å². The second-order valence-electron chi connectivity index (χ2n) is 16.1. The number of halogens is 3. The van der Waals surface area contributed by atoms with Gasteiger partial charge < -0.3 is 14.2 Å². The van der Waals surface area contributed by atoms with Crippen molar-refractivity contribution in [3.05, 3.63) is 129 Å². The number of allylic oxidation sites excluding steroid dienone is 2. The van der Waals surface area contributed by atoms with Crippen molar-refractivity contribution in [1.29, 1.82) is 0 Å². The van der Waals surface area contributed by atoms with Gasteiger partial charge in [-0.3, -0.25) is 0 Å². The van der Waals surface area contributed by atoms with Gasteiger partial charge in [-0.25, -0.2) is 0 Å². The number of hydrogen-bond acceptors (Lipinski definition) is 5. The summed E-state index contributed by atoms with van der Waals surface area (Å²) in [5.74, 6) is 2.23. The number of fused-ring (bicyclic) bond motifs is 10. The second-order valence-corrected chi connectivity index (χ2v) is 17.8. The van der Waals surface area contributed by atoms with Crippen LogP contribution in [-0.2, 0) is 17.2 Å². The maximum absolute atomic E-state index is 14.7. The molecule has 2 fully saturated rings. The second kappa shape index (κ2) is 12.9. The Bertz CT molecular complexity index is 2390. The minimum absolute atomic E-state index is 0.138. The Balaban J connectivity index is 1.40. The molecular weight excluding hydrogens is 734 g/mol. The molecule has 55 heavy (non-hydrogen) atoms. The van der Waals surface area contributed by atoms with Gasteiger partial charge in [0.2, 0.25) is 0 Å². The number of methoxy groups -OCH3 is 2. The first-order valence-electron chi connectivity index (χ1n) is 18.7. The molecule has 2 saturated carbocycles. The van der Waals surface area contributed by atoms with Crippen molar-refractivity contribution in [2.45, 2.75) is 72.9 Å². The summed E-state index contributed by atoms with van der Waals surface area (Å²) in [6.07, 6.45) is 8.59. The Hall–Kier alpha value is -4.27. The summed E-state index contributed by atoms with van der Waals surface area (Å²) in [6.45, 7) is 4.58. The van der Waals surface area contributed by atoms with Gasteiger partial charge in [0, 0.05) is 37.3 Å². The van der Waals surface area contributed by atoms with Crippen LogP contribution in [0.25, 0.3) is 28.0 Å². The van der Waals surface area contributed by atoms with Gasteiger partial charge in [-0.15, -0.1) is 23.5 Å². The number of alkyl halides is 3. The molecule has 3 nitrogen and oxygen atoms in total. The molecule has 0 bridgehead atoms. The molecule has 1 heterocycles. The summed E-state index contributed by atoms with van der Waals surface area (Å²) in [6, 6.07) is 25.0. The topological polar surface area (TPSA) is 27.7 Å². The molecule has 4 aliphatic rings. The highest BCUT2D eigenvalue weighted by Crippen LogP contribution is 2.66. The lowest BCUT2D eigenvalue weighted by Crippen LogP contribution is -2.39. The average molecular weight is 777 g/mol. The first-order valence-corrected chi connectivity index (χ1v) is 21.1. The zero-order valence-electron chi connectivity index (χ0n) is 31.9. The van der Waals surface area contributed by atoms with Gasteiger partial charge >= 0.3 is 6.18 Å². The van der Waals surface area contributed by atoms with Gasteiger partial charge in [-0.05, 0) is 132 Å². The number of hydrogen-bond donors (Lipinski definition) is 0. The van der Waals surface area contributed by atoms with Crippen LogP contribution >= 0.6 is 23.5 Å². The van der Waals surface area contributed by atoms with E-state index >= 15 is 0 Å². The Morgan fingerprint density at radius 1 is 0.727 bits per heavy atom. The molecule has 5 aromatic rings. The lowest BCUT2D eigenvalue weighted by atomic mass is 9.57. The van der Waals surface area contributed by atoms with E-state index in [4.69, 9.17) is 14.2 Å². The highest BCUT2D eigenvalue weighted by atomic mass is 32.2. The summed E-state index contributed by atoms with van der Waals surface area (Å²) >= 11 is 3.38. The van der Waals surface area contributed by atoms with Crippen LogP contribution in [0.4, 0.5) is 13.2 Å². The van der Waals surface area contributed by atoms with Gasteiger partial charge in [0.15, 0.2) is 5.60 Å². The van der Waals surface area contributed by atoms with Crippen LogP contribution in [0.2, 0.25) is 0 Å². The Morgan fingerprint density at radius 2 is 1.33 bits per heavy atom. The third kappa shape index (κ3) is 5.72. The van der Waals surface area contributed by atoms with Crippen molar-refractivity contribution in [3.8, 4) is 28.4 Å². The average Bonchev–Trinajstić information content (AvgIpc) is 4.01. The highest BCUT2D eigenvalue weighted by Gasteiger charge is 2.54. The van der Waals surface area contributed by atoms with Gasteiger partial charge in [0.25, 0.3) is 0 Å². The molecule has 0 saturated heterocycles. The number of benzene rings is 5. The van der Waals surface area contributed by atoms with Crippen LogP contribution in [0.15, 0.2) is 106 Å². The van der Waals surface area contributed by atoms with E-state index in [1.807, 2.05) is 48.5 Å². The van der Waals surface area contributed by atoms with Crippen molar-refractivity contribution in [2.24, 2.45) is 5.41 Å². The predicted molar refractivity (Wildman–Crippen MR) is 219 cm³/mol. The van der Waals surface area contributed by atoms with E-state index in [9.17, 15) is 13.2 Å². The fraction of sp³-hybridized carbons (Fsp3) is 0.319. The van der Waals surface area contributed by atoms with Crippen LogP contribution in [0.1, 0.15) is 79.3 Å². The fourth-order valence-corrected chi connectivity index (χ4v) is 11.3. The zero-order valence-corrected chi connectivity index (χ0v) is 33.5. The summed E-state index contributed by atoms with van der Waals surface area (Å²) in [7, 11) is 3.31. The first-order chi connectivity index (χ1) is 26.3. The summed E-state index contributed by atoms with van der Waals surface area (Å²) in [5, 5.41) is 1.96. The highest BCUT2D eigenvalue weighted by molar-refractivity contribution is 8.01. The van der Waals surface area contributed by atoms with E-state index in [0.29, 0.717) is 6.42 Å². The molecule has 9 rings (SSSR count). The molecule has 1 spiro atoms.